The quantitative estimate of drug-likeness (QED) is 0.593. The van der Waals surface area contributed by atoms with Crippen molar-refractivity contribution in [1.82, 2.24) is 15.0 Å². The van der Waals surface area contributed by atoms with Gasteiger partial charge in [-0.3, -0.25) is 4.98 Å². The molecule has 0 bridgehead atoms. The van der Waals surface area contributed by atoms with Crippen LogP contribution in [-0.4, -0.2) is 15.0 Å². The summed E-state index contributed by atoms with van der Waals surface area (Å²) in [5, 5.41) is 0. The van der Waals surface area contributed by atoms with E-state index in [1.54, 1.807) is 6.33 Å². The number of aromatic nitrogens is 3. The molecule has 0 aliphatic rings. The van der Waals surface area contributed by atoms with Gasteiger partial charge in [0.2, 0.25) is 0 Å². The van der Waals surface area contributed by atoms with E-state index in [1.165, 1.54) is 5.56 Å². The Morgan fingerprint density at radius 1 is 0.607 bits per heavy atom. The molecule has 3 heteroatoms. The van der Waals surface area contributed by atoms with E-state index in [1.807, 2.05) is 6.20 Å². The molecule has 3 nitrogen and oxygen atoms in total. The Morgan fingerprint density at radius 3 is 1.68 bits per heavy atom. The molecule has 0 saturated heterocycles. The van der Waals surface area contributed by atoms with E-state index in [-0.39, 0.29) is 21.7 Å². The predicted octanol–water partition coefficient (Wildman–Crippen LogP) is 6.50. The lowest BCUT2D eigenvalue weighted by molar-refractivity contribution is 0.367. The lowest BCUT2D eigenvalue weighted by atomic mass is 9.73. The number of nitrogens with zero attached hydrogens (tertiary/aromatic N) is 3. The molecule has 2 rings (SSSR count). The Kier molecular flexibility index (Phi) is 6.09. The van der Waals surface area contributed by atoms with Gasteiger partial charge >= 0.3 is 0 Å². The minimum Gasteiger partial charge on any atom is -0.261 e. The lowest BCUT2D eigenvalue weighted by Gasteiger charge is -2.32. The van der Waals surface area contributed by atoms with Crippen LogP contribution in [0.1, 0.15) is 105 Å². The normalized spacial score (nSPS) is 13.6. The molecule has 0 radical (unpaired) electrons. The second kappa shape index (κ2) is 7.57. The maximum atomic E-state index is 4.62. The molecule has 0 spiro atoms. The van der Waals surface area contributed by atoms with Crippen molar-refractivity contribution in [2.75, 3.05) is 0 Å². The van der Waals surface area contributed by atoms with Crippen LogP contribution in [0, 0.1) is 0 Å². The standard InChI is InChI=1S/C25H39N3/c1-22(2,3)19-15-18(11-14-26-19)24(7,8)12-13-25(9,10)21-16-20(23(4,5)6)27-17-28-21/h11,14-17H,12-13H2,1-10H3. The van der Waals surface area contributed by atoms with Gasteiger partial charge in [0.25, 0.3) is 0 Å². The van der Waals surface area contributed by atoms with Crippen molar-refractivity contribution in [3.8, 4) is 0 Å². The monoisotopic (exact) mass is 381 g/mol. The van der Waals surface area contributed by atoms with Crippen LogP contribution in [0.4, 0.5) is 0 Å². The molecule has 0 N–H and O–H groups in total. The van der Waals surface area contributed by atoms with Crippen LogP contribution in [0.3, 0.4) is 0 Å². The first kappa shape index (κ1) is 22.5. The van der Waals surface area contributed by atoms with Crippen molar-refractivity contribution in [2.45, 2.75) is 104 Å². The summed E-state index contributed by atoms with van der Waals surface area (Å²) in [7, 11) is 0. The zero-order valence-corrected chi connectivity index (χ0v) is 19.6. The van der Waals surface area contributed by atoms with Gasteiger partial charge in [0, 0.05) is 39.5 Å². The number of pyridine rings is 1. The predicted molar refractivity (Wildman–Crippen MR) is 119 cm³/mol. The fraction of sp³-hybridized carbons (Fsp3) is 0.640. The first-order chi connectivity index (χ1) is 12.6. The van der Waals surface area contributed by atoms with Crippen molar-refractivity contribution >= 4 is 0 Å². The van der Waals surface area contributed by atoms with Crippen LogP contribution in [0.25, 0.3) is 0 Å². The molecule has 0 saturated carbocycles. The van der Waals surface area contributed by atoms with Crippen LogP contribution in [0.2, 0.25) is 0 Å². The third-order valence-corrected chi connectivity index (χ3v) is 5.81. The molecule has 0 amide bonds. The third kappa shape index (κ3) is 5.40. The van der Waals surface area contributed by atoms with Crippen LogP contribution >= 0.6 is 0 Å². The topological polar surface area (TPSA) is 38.7 Å². The molecular formula is C25H39N3. The molecule has 0 unspecified atom stereocenters. The minimum absolute atomic E-state index is 0.0000967. The van der Waals surface area contributed by atoms with Gasteiger partial charge < -0.3 is 0 Å². The molecule has 2 aromatic rings. The molecule has 0 aromatic carbocycles. The van der Waals surface area contributed by atoms with E-state index in [0.717, 1.165) is 29.9 Å². The second-order valence-electron chi connectivity index (χ2n) is 11.5. The van der Waals surface area contributed by atoms with Gasteiger partial charge in [-0.15, -0.1) is 0 Å². The molecule has 2 heterocycles. The largest absolute Gasteiger partial charge is 0.261 e. The van der Waals surface area contributed by atoms with Gasteiger partial charge in [0.15, 0.2) is 0 Å². The smallest absolute Gasteiger partial charge is 0.115 e. The summed E-state index contributed by atoms with van der Waals surface area (Å²) in [5.74, 6) is 0. The molecule has 0 aliphatic heterocycles. The van der Waals surface area contributed by atoms with Crippen LogP contribution in [0.15, 0.2) is 30.7 Å². The summed E-state index contributed by atoms with van der Waals surface area (Å²) in [6, 6.07) is 6.65. The van der Waals surface area contributed by atoms with Gasteiger partial charge in [-0.25, -0.2) is 9.97 Å². The average Bonchev–Trinajstić information content (AvgIpc) is 2.59. The minimum atomic E-state index is 0.0000967. The third-order valence-electron chi connectivity index (χ3n) is 5.81. The Labute approximate surface area is 172 Å². The molecule has 154 valence electrons. The molecular weight excluding hydrogens is 342 g/mol. The van der Waals surface area contributed by atoms with Crippen LogP contribution < -0.4 is 0 Å². The fourth-order valence-corrected chi connectivity index (χ4v) is 3.30. The van der Waals surface area contributed by atoms with Crippen molar-refractivity contribution in [1.29, 1.82) is 0 Å². The highest BCUT2D eigenvalue weighted by Gasteiger charge is 2.30. The maximum Gasteiger partial charge on any atom is 0.115 e. The summed E-state index contributed by atoms with van der Waals surface area (Å²) >= 11 is 0. The van der Waals surface area contributed by atoms with Crippen molar-refractivity contribution in [2.24, 2.45) is 0 Å². The summed E-state index contributed by atoms with van der Waals surface area (Å²) in [5.41, 5.74) is 4.94. The lowest BCUT2D eigenvalue weighted by Crippen LogP contribution is -2.27. The molecule has 0 atom stereocenters. The van der Waals surface area contributed by atoms with Crippen LogP contribution in [0.5, 0.6) is 0 Å². The Hall–Kier alpha value is -1.77. The Morgan fingerprint density at radius 2 is 1.11 bits per heavy atom. The maximum absolute atomic E-state index is 4.62. The van der Waals surface area contributed by atoms with Gasteiger partial charge in [-0.05, 0) is 42.0 Å². The van der Waals surface area contributed by atoms with E-state index < -0.39 is 0 Å². The molecule has 2 aromatic heterocycles. The molecule has 28 heavy (non-hydrogen) atoms. The van der Waals surface area contributed by atoms with E-state index in [4.69, 9.17) is 0 Å². The average molecular weight is 382 g/mol. The van der Waals surface area contributed by atoms with Gasteiger partial charge in [0.1, 0.15) is 6.33 Å². The van der Waals surface area contributed by atoms with E-state index in [9.17, 15) is 0 Å². The SMILES string of the molecule is CC(C)(C)c1cc(C(C)(C)CCC(C)(C)c2cc(C(C)(C)C)ncn2)ccn1. The summed E-state index contributed by atoms with van der Waals surface area (Å²) in [6.45, 7) is 22.5. The van der Waals surface area contributed by atoms with Crippen LogP contribution in [-0.2, 0) is 21.7 Å². The summed E-state index contributed by atoms with van der Waals surface area (Å²) in [4.78, 5) is 13.7. The van der Waals surface area contributed by atoms with E-state index >= 15 is 0 Å². The van der Waals surface area contributed by atoms with Gasteiger partial charge in [-0.2, -0.15) is 0 Å². The highest BCUT2D eigenvalue weighted by Crippen LogP contribution is 2.37. The van der Waals surface area contributed by atoms with E-state index in [2.05, 4.69) is 102 Å². The van der Waals surface area contributed by atoms with Gasteiger partial charge in [-0.1, -0.05) is 69.2 Å². The summed E-state index contributed by atoms with van der Waals surface area (Å²) in [6.07, 6.45) is 5.83. The Balaban J connectivity index is 2.22. The highest BCUT2D eigenvalue weighted by molar-refractivity contribution is 5.28. The first-order valence-corrected chi connectivity index (χ1v) is 10.4. The second-order valence-corrected chi connectivity index (χ2v) is 11.5. The highest BCUT2D eigenvalue weighted by atomic mass is 14.9. The fourth-order valence-electron chi connectivity index (χ4n) is 3.30. The molecule has 0 fully saturated rings. The van der Waals surface area contributed by atoms with Crippen molar-refractivity contribution in [3.63, 3.8) is 0 Å². The van der Waals surface area contributed by atoms with Crippen molar-refractivity contribution in [3.05, 3.63) is 53.4 Å². The van der Waals surface area contributed by atoms with Crippen molar-refractivity contribution < 1.29 is 0 Å². The van der Waals surface area contributed by atoms with E-state index in [0.29, 0.717) is 0 Å². The summed E-state index contributed by atoms with van der Waals surface area (Å²) < 4.78 is 0. The van der Waals surface area contributed by atoms with Gasteiger partial charge in [0.05, 0.1) is 0 Å². The zero-order chi connectivity index (χ0) is 21.4. The first-order valence-electron chi connectivity index (χ1n) is 10.4. The number of hydrogen-bond acceptors (Lipinski definition) is 3. The number of rotatable bonds is 5. The molecule has 0 aliphatic carbocycles. The number of hydrogen-bond donors (Lipinski definition) is 0. The zero-order valence-electron chi connectivity index (χ0n) is 19.6. The Bertz CT molecular complexity index is 736.